The zero-order chi connectivity index (χ0) is 8.57. The summed E-state index contributed by atoms with van der Waals surface area (Å²) in [5.74, 6) is -2.51. The summed E-state index contributed by atoms with van der Waals surface area (Å²) in [7, 11) is 0. The molecule has 0 aliphatic heterocycles. The number of rotatable bonds is 2. The molecule has 0 rings (SSSR count). The molecule has 0 atom stereocenters. The fourth-order valence-corrected chi connectivity index (χ4v) is 0.143. The van der Waals surface area contributed by atoms with Crippen molar-refractivity contribution in [3.05, 3.63) is 12.2 Å². The standard InChI is InChI=1S/C4H4O4.CH3Cl/c5-3(6)1-2-4(7)8;1-2/h1-2H,(H,5,6)(H,7,8);1H3. The highest BCUT2D eigenvalue weighted by atomic mass is 35.5. The maximum absolute atomic E-state index is 9.55. The van der Waals surface area contributed by atoms with E-state index in [1.165, 1.54) is 6.38 Å². The van der Waals surface area contributed by atoms with Gasteiger partial charge in [0.05, 0.1) is 0 Å². The number of carboxylic acids is 2. The van der Waals surface area contributed by atoms with Crippen LogP contribution in [-0.4, -0.2) is 28.5 Å². The van der Waals surface area contributed by atoms with Crippen LogP contribution < -0.4 is 0 Å². The summed E-state index contributed by atoms with van der Waals surface area (Å²) in [4.78, 5) is 19.1. The lowest BCUT2D eigenvalue weighted by atomic mass is 10.5. The van der Waals surface area contributed by atoms with Gasteiger partial charge in [0.2, 0.25) is 0 Å². The van der Waals surface area contributed by atoms with Crippen molar-refractivity contribution in [2.45, 2.75) is 0 Å². The molecule has 10 heavy (non-hydrogen) atoms. The van der Waals surface area contributed by atoms with Gasteiger partial charge in [-0.1, -0.05) is 0 Å². The maximum atomic E-state index is 9.55. The molecule has 0 saturated carbocycles. The Kier molecular flexibility index (Phi) is 9.35. The van der Waals surface area contributed by atoms with Crippen LogP contribution in [0.4, 0.5) is 0 Å². The van der Waals surface area contributed by atoms with Crippen LogP contribution >= 0.6 is 11.6 Å². The molecule has 0 saturated heterocycles. The van der Waals surface area contributed by atoms with Crippen LogP contribution in [0.3, 0.4) is 0 Å². The molecule has 0 amide bonds. The number of hydrogen-bond donors (Lipinski definition) is 2. The predicted molar refractivity (Wildman–Crippen MR) is 36.2 cm³/mol. The van der Waals surface area contributed by atoms with E-state index in [1.54, 1.807) is 0 Å². The highest BCUT2D eigenvalue weighted by molar-refractivity contribution is 6.15. The van der Waals surface area contributed by atoms with Crippen molar-refractivity contribution >= 4 is 23.5 Å². The van der Waals surface area contributed by atoms with Gasteiger partial charge in [0.15, 0.2) is 0 Å². The predicted octanol–water partition coefficient (Wildman–Crippen LogP) is 0.567. The molecule has 0 aliphatic rings. The second-order valence-corrected chi connectivity index (χ2v) is 1.01. The Labute approximate surface area is 62.7 Å². The zero-order valence-electron chi connectivity index (χ0n) is 5.24. The summed E-state index contributed by atoms with van der Waals surface area (Å²) in [5, 5.41) is 15.6. The third-order valence-corrected chi connectivity index (χ3v) is 0.368. The number of carbonyl (C=O) groups is 2. The van der Waals surface area contributed by atoms with Crippen molar-refractivity contribution in [2.24, 2.45) is 0 Å². The highest BCUT2D eigenvalue weighted by Crippen LogP contribution is 1.70. The van der Waals surface area contributed by atoms with E-state index >= 15 is 0 Å². The molecule has 0 aromatic rings. The van der Waals surface area contributed by atoms with Gasteiger partial charge >= 0.3 is 11.9 Å². The van der Waals surface area contributed by atoms with Crippen LogP contribution in [0.15, 0.2) is 12.2 Å². The molecule has 4 nitrogen and oxygen atoms in total. The number of alkyl halides is 1. The average molecular weight is 167 g/mol. The first-order chi connectivity index (χ1) is 4.63. The van der Waals surface area contributed by atoms with E-state index in [4.69, 9.17) is 10.2 Å². The zero-order valence-corrected chi connectivity index (χ0v) is 6.00. The van der Waals surface area contributed by atoms with Crippen molar-refractivity contribution < 1.29 is 19.8 Å². The van der Waals surface area contributed by atoms with E-state index in [1.807, 2.05) is 0 Å². The van der Waals surface area contributed by atoms with Crippen molar-refractivity contribution in [1.29, 1.82) is 0 Å². The minimum absolute atomic E-state index is 0.558. The summed E-state index contributed by atoms with van der Waals surface area (Å²) >= 11 is 4.64. The third-order valence-electron chi connectivity index (χ3n) is 0.368. The SMILES string of the molecule is CCl.O=C(O)C=CC(=O)O. The first-order valence-electron chi connectivity index (χ1n) is 2.14. The first kappa shape index (κ1) is 11.7. The largest absolute Gasteiger partial charge is 0.478 e. The Morgan fingerprint density at radius 2 is 1.30 bits per heavy atom. The van der Waals surface area contributed by atoms with Crippen molar-refractivity contribution in [3.63, 3.8) is 0 Å². The summed E-state index contributed by atoms with van der Waals surface area (Å²) in [6.45, 7) is 0. The van der Waals surface area contributed by atoms with Gasteiger partial charge in [-0.25, -0.2) is 9.59 Å². The van der Waals surface area contributed by atoms with E-state index in [0.717, 1.165) is 0 Å². The first-order valence-corrected chi connectivity index (χ1v) is 2.90. The molecule has 0 radical (unpaired) electrons. The summed E-state index contributed by atoms with van der Waals surface area (Å²) < 4.78 is 0. The lowest BCUT2D eigenvalue weighted by molar-refractivity contribution is -0.134. The van der Waals surface area contributed by atoms with Gasteiger partial charge in [0, 0.05) is 18.5 Å². The summed E-state index contributed by atoms with van der Waals surface area (Å²) in [6.07, 6.45) is 2.59. The quantitative estimate of drug-likeness (QED) is 0.465. The number of hydrogen-bond acceptors (Lipinski definition) is 2. The van der Waals surface area contributed by atoms with Gasteiger partial charge in [-0.2, -0.15) is 0 Å². The highest BCUT2D eigenvalue weighted by Gasteiger charge is 1.88. The Balaban J connectivity index is 0. The molecule has 0 fully saturated rings. The monoisotopic (exact) mass is 166 g/mol. The van der Waals surface area contributed by atoms with Crippen LogP contribution in [0.5, 0.6) is 0 Å². The van der Waals surface area contributed by atoms with Crippen molar-refractivity contribution in [3.8, 4) is 0 Å². The molecule has 0 unspecified atom stereocenters. The molecule has 2 N–H and O–H groups in total. The fourth-order valence-electron chi connectivity index (χ4n) is 0.143. The normalized spacial score (nSPS) is 8.20. The lowest BCUT2D eigenvalue weighted by Gasteiger charge is -1.74. The van der Waals surface area contributed by atoms with Crippen LogP contribution in [0.1, 0.15) is 0 Å². The van der Waals surface area contributed by atoms with Gasteiger partial charge < -0.3 is 10.2 Å². The van der Waals surface area contributed by atoms with Crippen molar-refractivity contribution in [1.82, 2.24) is 0 Å². The van der Waals surface area contributed by atoms with Crippen LogP contribution in [0.2, 0.25) is 0 Å². The van der Waals surface area contributed by atoms with E-state index < -0.39 is 11.9 Å². The van der Waals surface area contributed by atoms with Gasteiger partial charge in [-0.05, 0) is 0 Å². The number of aliphatic carboxylic acids is 2. The third kappa shape index (κ3) is 15.8. The minimum Gasteiger partial charge on any atom is -0.478 e. The Hall–Kier alpha value is -1.03. The van der Waals surface area contributed by atoms with E-state index in [2.05, 4.69) is 11.6 Å². The molecule has 0 spiro atoms. The topological polar surface area (TPSA) is 74.6 Å². The van der Waals surface area contributed by atoms with Gasteiger partial charge in [-0.3, -0.25) is 0 Å². The molecule has 0 aromatic carbocycles. The number of carboxylic acid groups (broad SMARTS) is 2. The smallest absolute Gasteiger partial charge is 0.328 e. The van der Waals surface area contributed by atoms with Crippen LogP contribution in [0, 0.1) is 0 Å². The molecular weight excluding hydrogens is 160 g/mol. The molecule has 0 aliphatic carbocycles. The van der Waals surface area contributed by atoms with E-state index in [0.29, 0.717) is 12.2 Å². The van der Waals surface area contributed by atoms with Crippen LogP contribution in [0.25, 0.3) is 0 Å². The second-order valence-electron chi connectivity index (χ2n) is 1.01. The van der Waals surface area contributed by atoms with Gasteiger partial charge in [0.25, 0.3) is 0 Å². The van der Waals surface area contributed by atoms with Gasteiger partial charge in [0.1, 0.15) is 0 Å². The fraction of sp³-hybridized carbons (Fsp3) is 0.200. The van der Waals surface area contributed by atoms with Gasteiger partial charge in [-0.15, -0.1) is 11.6 Å². The lowest BCUT2D eigenvalue weighted by Crippen LogP contribution is -1.91. The second kappa shape index (κ2) is 7.97. The maximum Gasteiger partial charge on any atom is 0.328 e. The summed E-state index contributed by atoms with van der Waals surface area (Å²) in [6, 6.07) is 0. The molecular formula is C5H7ClO4. The Morgan fingerprint density at radius 3 is 1.40 bits per heavy atom. The summed E-state index contributed by atoms with van der Waals surface area (Å²) in [5.41, 5.74) is 0. The molecule has 0 bridgehead atoms. The van der Waals surface area contributed by atoms with Crippen molar-refractivity contribution in [2.75, 3.05) is 6.38 Å². The number of halogens is 1. The Bertz CT molecular complexity index is 125. The molecule has 58 valence electrons. The molecule has 0 heterocycles. The molecule has 0 aromatic heterocycles. The van der Waals surface area contributed by atoms with E-state index in [-0.39, 0.29) is 0 Å². The average Bonchev–Trinajstić information content (AvgIpc) is 1.89. The minimum atomic E-state index is -1.26. The molecule has 5 heteroatoms. The van der Waals surface area contributed by atoms with Crippen LogP contribution in [-0.2, 0) is 9.59 Å². The van der Waals surface area contributed by atoms with E-state index in [9.17, 15) is 9.59 Å². The Morgan fingerprint density at radius 1 is 1.10 bits per heavy atom.